The average molecular weight is 347 g/mol. The summed E-state index contributed by atoms with van der Waals surface area (Å²) >= 11 is 0. The normalized spacial score (nSPS) is 21.7. The minimum atomic E-state index is 0.214. The molecule has 2 bridgehead atoms. The number of para-hydroxylation sites is 1. The van der Waals surface area contributed by atoms with E-state index in [9.17, 15) is 4.79 Å². The third-order valence-electron chi connectivity index (χ3n) is 5.58. The lowest BCUT2D eigenvalue weighted by Gasteiger charge is -2.56. The van der Waals surface area contributed by atoms with Gasteiger partial charge in [-0.3, -0.25) is 4.79 Å². The van der Waals surface area contributed by atoms with E-state index in [1.54, 1.807) is 6.33 Å². The summed E-state index contributed by atoms with van der Waals surface area (Å²) in [6.45, 7) is 4.09. The number of benzene rings is 1. The lowest BCUT2D eigenvalue weighted by molar-refractivity contribution is -0.146. The van der Waals surface area contributed by atoms with Crippen LogP contribution in [0.3, 0.4) is 0 Å². The summed E-state index contributed by atoms with van der Waals surface area (Å²) in [5, 5.41) is 1.18. The van der Waals surface area contributed by atoms with E-state index in [0.29, 0.717) is 18.6 Å². The van der Waals surface area contributed by atoms with Crippen molar-refractivity contribution in [3.05, 3.63) is 54.6 Å². The predicted octanol–water partition coefficient (Wildman–Crippen LogP) is 2.23. The first kappa shape index (κ1) is 15.4. The van der Waals surface area contributed by atoms with Crippen molar-refractivity contribution in [2.24, 2.45) is 0 Å². The molecule has 6 rings (SSSR count). The fourth-order valence-corrected chi connectivity index (χ4v) is 4.32. The maximum atomic E-state index is 12.9. The zero-order valence-corrected chi connectivity index (χ0v) is 14.7. The van der Waals surface area contributed by atoms with E-state index in [0.717, 1.165) is 36.5 Å². The second kappa shape index (κ2) is 5.83. The van der Waals surface area contributed by atoms with Gasteiger partial charge in [-0.1, -0.05) is 18.2 Å². The molecule has 1 amide bonds. The molecule has 6 nitrogen and oxygen atoms in total. The molecular formula is C20H21N5O. The number of rotatable bonds is 3. The average Bonchev–Trinajstić information content (AvgIpc) is 3.05. The molecule has 3 aliphatic heterocycles. The number of hydrogen-bond acceptors (Lipinski definition) is 4. The number of aromatic nitrogens is 3. The Labute approximate surface area is 152 Å². The number of carbonyl (C=O) groups excluding carboxylic acids is 1. The number of piperazine rings is 1. The smallest absolute Gasteiger partial charge is 0.243 e. The zero-order valence-electron chi connectivity index (χ0n) is 14.7. The van der Waals surface area contributed by atoms with Crippen molar-refractivity contribution in [2.75, 3.05) is 18.0 Å². The fraction of sp³-hybridized carbons (Fsp3) is 0.350. The van der Waals surface area contributed by atoms with E-state index in [1.165, 1.54) is 5.39 Å². The highest BCUT2D eigenvalue weighted by Crippen LogP contribution is 2.34. The number of fused-ring (bicyclic) bond motifs is 3. The summed E-state index contributed by atoms with van der Waals surface area (Å²) in [5.74, 6) is 1.18. The Kier molecular flexibility index (Phi) is 3.45. The van der Waals surface area contributed by atoms with E-state index in [4.69, 9.17) is 0 Å². The summed E-state index contributed by atoms with van der Waals surface area (Å²) in [6.07, 6.45) is 4.72. The Morgan fingerprint density at radius 3 is 2.77 bits per heavy atom. The fourth-order valence-electron chi connectivity index (χ4n) is 4.32. The molecule has 3 saturated heterocycles. The maximum Gasteiger partial charge on any atom is 0.243 e. The molecular weight excluding hydrogens is 326 g/mol. The number of aryl methyl sites for hydroxylation is 1. The molecule has 2 unspecified atom stereocenters. The molecule has 132 valence electrons. The van der Waals surface area contributed by atoms with Gasteiger partial charge in [0.25, 0.3) is 0 Å². The first-order chi connectivity index (χ1) is 12.7. The van der Waals surface area contributed by atoms with Gasteiger partial charge in [0.1, 0.15) is 18.7 Å². The Morgan fingerprint density at radius 2 is 1.96 bits per heavy atom. The summed E-state index contributed by atoms with van der Waals surface area (Å²) in [4.78, 5) is 25.8. The van der Waals surface area contributed by atoms with Crippen LogP contribution in [0.5, 0.6) is 0 Å². The number of carbonyl (C=O) groups is 1. The summed E-state index contributed by atoms with van der Waals surface area (Å²) in [6, 6.07) is 12.9. The molecule has 0 aliphatic carbocycles. The lowest BCUT2D eigenvalue weighted by atomic mass is 9.87. The molecule has 2 aromatic heterocycles. The minimum Gasteiger partial charge on any atom is -0.352 e. The molecule has 0 saturated carbocycles. The van der Waals surface area contributed by atoms with Gasteiger partial charge in [0.05, 0.1) is 12.1 Å². The van der Waals surface area contributed by atoms with Crippen molar-refractivity contribution in [3.8, 4) is 0 Å². The van der Waals surface area contributed by atoms with Crippen LogP contribution in [0.25, 0.3) is 10.9 Å². The number of nitrogens with zero attached hydrogens (tertiary/aromatic N) is 5. The van der Waals surface area contributed by atoms with Crippen LogP contribution in [-0.2, 0) is 11.3 Å². The van der Waals surface area contributed by atoms with Crippen LogP contribution in [-0.4, -0.2) is 50.5 Å². The Morgan fingerprint density at radius 1 is 1.15 bits per heavy atom. The maximum absolute atomic E-state index is 12.9. The Hall–Kier alpha value is -2.89. The molecule has 0 N–H and O–H groups in total. The number of anilines is 1. The summed E-state index contributed by atoms with van der Waals surface area (Å²) < 4.78 is 2.05. The standard InChI is InChI=1S/C20H21N5O/c1-14-8-19(22-13-21-14)24-10-16-9-17(11-24)25(16)20(26)12-23-7-6-15-4-2-3-5-18(15)23/h2-8,13,16-17H,9-12H2,1H3. The topological polar surface area (TPSA) is 54.3 Å². The SMILES string of the molecule is Cc1cc(N2CC3CC(C2)N3C(=O)Cn2ccc3ccccc32)ncn1. The second-order valence-corrected chi connectivity index (χ2v) is 7.27. The predicted molar refractivity (Wildman–Crippen MR) is 100.0 cm³/mol. The van der Waals surface area contributed by atoms with Crippen molar-refractivity contribution in [3.63, 3.8) is 0 Å². The minimum absolute atomic E-state index is 0.214. The molecule has 1 aromatic carbocycles. The molecule has 3 aromatic rings. The second-order valence-electron chi connectivity index (χ2n) is 7.27. The third-order valence-corrected chi connectivity index (χ3v) is 5.58. The van der Waals surface area contributed by atoms with Gasteiger partial charge < -0.3 is 14.4 Å². The summed E-state index contributed by atoms with van der Waals surface area (Å²) in [7, 11) is 0. The van der Waals surface area contributed by atoms with Gasteiger partial charge in [0.15, 0.2) is 0 Å². The highest BCUT2D eigenvalue weighted by molar-refractivity contribution is 5.84. The Balaban J connectivity index is 1.30. The van der Waals surface area contributed by atoms with Crippen LogP contribution >= 0.6 is 0 Å². The van der Waals surface area contributed by atoms with Crippen molar-refractivity contribution < 1.29 is 4.79 Å². The van der Waals surface area contributed by atoms with Gasteiger partial charge >= 0.3 is 0 Å². The van der Waals surface area contributed by atoms with E-state index in [1.807, 2.05) is 31.3 Å². The van der Waals surface area contributed by atoms with E-state index < -0.39 is 0 Å². The molecule has 0 spiro atoms. The van der Waals surface area contributed by atoms with Crippen molar-refractivity contribution in [1.82, 2.24) is 19.4 Å². The van der Waals surface area contributed by atoms with Crippen LogP contribution in [0.1, 0.15) is 12.1 Å². The number of hydrogen-bond donors (Lipinski definition) is 0. The van der Waals surface area contributed by atoms with E-state index >= 15 is 0 Å². The first-order valence-corrected chi connectivity index (χ1v) is 9.08. The van der Waals surface area contributed by atoms with Gasteiger partial charge in [-0.25, -0.2) is 9.97 Å². The highest BCUT2D eigenvalue weighted by Gasteiger charge is 2.47. The van der Waals surface area contributed by atoms with Gasteiger partial charge in [0, 0.05) is 36.6 Å². The van der Waals surface area contributed by atoms with Crippen LogP contribution < -0.4 is 4.90 Å². The molecule has 3 fully saturated rings. The lowest BCUT2D eigenvalue weighted by Crippen LogP contribution is -2.70. The van der Waals surface area contributed by atoms with Crippen molar-refractivity contribution in [2.45, 2.75) is 32.0 Å². The molecule has 0 radical (unpaired) electrons. The highest BCUT2D eigenvalue weighted by atomic mass is 16.2. The molecule has 2 atom stereocenters. The number of piperidine rings is 1. The van der Waals surface area contributed by atoms with Crippen LogP contribution in [0.2, 0.25) is 0 Å². The van der Waals surface area contributed by atoms with Gasteiger partial charge in [0.2, 0.25) is 5.91 Å². The first-order valence-electron chi connectivity index (χ1n) is 9.08. The van der Waals surface area contributed by atoms with Gasteiger partial charge in [-0.15, -0.1) is 0 Å². The third kappa shape index (κ3) is 2.44. The number of amides is 1. The van der Waals surface area contributed by atoms with Crippen molar-refractivity contribution >= 4 is 22.6 Å². The van der Waals surface area contributed by atoms with E-state index in [2.05, 4.69) is 42.5 Å². The van der Waals surface area contributed by atoms with Crippen LogP contribution in [0.4, 0.5) is 5.82 Å². The monoisotopic (exact) mass is 347 g/mol. The largest absolute Gasteiger partial charge is 0.352 e. The van der Waals surface area contributed by atoms with Crippen LogP contribution in [0.15, 0.2) is 48.9 Å². The van der Waals surface area contributed by atoms with E-state index in [-0.39, 0.29) is 5.91 Å². The molecule has 6 heteroatoms. The Bertz CT molecular complexity index is 969. The molecule has 5 heterocycles. The van der Waals surface area contributed by atoms with Crippen molar-refractivity contribution in [1.29, 1.82) is 0 Å². The van der Waals surface area contributed by atoms with Gasteiger partial charge in [-0.05, 0) is 30.9 Å². The molecule has 3 aliphatic rings. The van der Waals surface area contributed by atoms with Crippen LogP contribution in [0, 0.1) is 6.92 Å². The zero-order chi connectivity index (χ0) is 17.7. The summed E-state index contributed by atoms with van der Waals surface area (Å²) in [5.41, 5.74) is 2.09. The van der Waals surface area contributed by atoms with Gasteiger partial charge in [-0.2, -0.15) is 0 Å². The quantitative estimate of drug-likeness (QED) is 0.729. The molecule has 26 heavy (non-hydrogen) atoms.